The topological polar surface area (TPSA) is 56.5 Å². The maximum atomic E-state index is 6.09. The van der Waals surface area contributed by atoms with E-state index < -0.39 is 0 Å². The van der Waals surface area contributed by atoms with Crippen LogP contribution in [0.5, 0.6) is 0 Å². The van der Waals surface area contributed by atoms with Gasteiger partial charge in [-0.15, -0.1) is 5.10 Å². The van der Waals surface area contributed by atoms with Crippen LogP contribution >= 0.6 is 11.6 Å². The summed E-state index contributed by atoms with van der Waals surface area (Å²) >= 11 is 6.09. The maximum Gasteiger partial charge on any atom is 0.163 e. The van der Waals surface area contributed by atoms with Gasteiger partial charge in [0.15, 0.2) is 11.6 Å². The second-order valence-electron chi connectivity index (χ2n) is 4.07. The van der Waals surface area contributed by atoms with E-state index in [4.69, 9.17) is 11.6 Å². The Morgan fingerprint density at radius 2 is 1.78 bits per heavy atom. The predicted octanol–water partition coefficient (Wildman–Crippen LogP) is 2.45. The standard InChI is InChI=1S/C12H16ClN5/c1-5-9-16-10(6-2)18(17-9)12-7(3)11(13)14-8(4)15-12/h5-6H2,1-4H3. The molecular weight excluding hydrogens is 250 g/mol. The summed E-state index contributed by atoms with van der Waals surface area (Å²) in [5.74, 6) is 3.07. The SMILES string of the molecule is CCc1nc(CC)n(-c2nc(C)nc(Cl)c2C)n1. The van der Waals surface area contributed by atoms with E-state index in [1.807, 2.05) is 27.7 Å². The third kappa shape index (κ3) is 2.22. The van der Waals surface area contributed by atoms with E-state index in [0.717, 1.165) is 35.9 Å². The van der Waals surface area contributed by atoms with Gasteiger partial charge < -0.3 is 0 Å². The van der Waals surface area contributed by atoms with Crippen molar-refractivity contribution in [1.29, 1.82) is 0 Å². The lowest BCUT2D eigenvalue weighted by atomic mass is 10.3. The minimum atomic E-state index is 0.466. The molecular formula is C12H16ClN5. The first-order valence-electron chi connectivity index (χ1n) is 6.02. The molecule has 2 aromatic heterocycles. The Kier molecular flexibility index (Phi) is 3.61. The highest BCUT2D eigenvalue weighted by Crippen LogP contribution is 2.19. The van der Waals surface area contributed by atoms with E-state index in [1.165, 1.54) is 0 Å². The lowest BCUT2D eigenvalue weighted by Gasteiger charge is -2.08. The van der Waals surface area contributed by atoms with E-state index in [2.05, 4.69) is 20.1 Å². The highest BCUT2D eigenvalue weighted by molar-refractivity contribution is 6.30. The van der Waals surface area contributed by atoms with Crippen LogP contribution in [0.1, 0.15) is 36.9 Å². The molecule has 0 aromatic carbocycles. The second kappa shape index (κ2) is 5.02. The van der Waals surface area contributed by atoms with Gasteiger partial charge in [-0.05, 0) is 13.8 Å². The second-order valence-corrected chi connectivity index (χ2v) is 4.43. The van der Waals surface area contributed by atoms with Gasteiger partial charge in [0, 0.05) is 18.4 Å². The van der Waals surface area contributed by atoms with Crippen molar-refractivity contribution in [3.8, 4) is 5.82 Å². The Hall–Kier alpha value is -1.49. The molecule has 0 spiro atoms. The molecule has 0 saturated carbocycles. The lowest BCUT2D eigenvalue weighted by Crippen LogP contribution is -2.09. The molecule has 0 saturated heterocycles. The fourth-order valence-electron chi connectivity index (χ4n) is 1.73. The fraction of sp³-hybridized carbons (Fsp3) is 0.500. The Bertz CT molecular complexity index is 576. The van der Waals surface area contributed by atoms with Gasteiger partial charge >= 0.3 is 0 Å². The van der Waals surface area contributed by atoms with Crippen LogP contribution in [0.3, 0.4) is 0 Å². The number of aryl methyl sites for hydroxylation is 3. The number of hydrogen-bond acceptors (Lipinski definition) is 4. The molecule has 0 aliphatic heterocycles. The van der Waals surface area contributed by atoms with Gasteiger partial charge in [-0.2, -0.15) is 4.68 Å². The van der Waals surface area contributed by atoms with Crippen LogP contribution in [0.25, 0.3) is 5.82 Å². The van der Waals surface area contributed by atoms with E-state index in [0.29, 0.717) is 11.0 Å². The van der Waals surface area contributed by atoms with E-state index >= 15 is 0 Å². The Morgan fingerprint density at radius 3 is 2.39 bits per heavy atom. The van der Waals surface area contributed by atoms with Crippen molar-refractivity contribution in [2.45, 2.75) is 40.5 Å². The molecule has 5 nitrogen and oxygen atoms in total. The van der Waals surface area contributed by atoms with Crippen molar-refractivity contribution < 1.29 is 0 Å². The van der Waals surface area contributed by atoms with Crippen molar-refractivity contribution in [2.24, 2.45) is 0 Å². The molecule has 18 heavy (non-hydrogen) atoms. The first kappa shape index (κ1) is 13.0. The quantitative estimate of drug-likeness (QED) is 0.800. The molecule has 0 amide bonds. The first-order chi connectivity index (χ1) is 8.56. The molecule has 96 valence electrons. The fourth-order valence-corrected chi connectivity index (χ4v) is 1.93. The van der Waals surface area contributed by atoms with Crippen molar-refractivity contribution in [2.75, 3.05) is 0 Å². The number of hydrogen-bond donors (Lipinski definition) is 0. The largest absolute Gasteiger partial charge is 0.221 e. The summed E-state index contributed by atoms with van der Waals surface area (Å²) in [6.07, 6.45) is 1.60. The highest BCUT2D eigenvalue weighted by Gasteiger charge is 2.15. The summed E-state index contributed by atoms with van der Waals surface area (Å²) < 4.78 is 1.77. The molecule has 6 heteroatoms. The van der Waals surface area contributed by atoms with Crippen LogP contribution in [-0.4, -0.2) is 24.7 Å². The molecule has 0 unspecified atom stereocenters. The zero-order chi connectivity index (χ0) is 13.3. The predicted molar refractivity (Wildman–Crippen MR) is 70.2 cm³/mol. The van der Waals surface area contributed by atoms with Crippen LogP contribution < -0.4 is 0 Å². The molecule has 2 heterocycles. The molecule has 0 aliphatic carbocycles. The molecule has 2 rings (SSSR count). The average Bonchev–Trinajstić information content (AvgIpc) is 2.76. The highest BCUT2D eigenvalue weighted by atomic mass is 35.5. The molecule has 0 atom stereocenters. The number of nitrogens with zero attached hydrogens (tertiary/aromatic N) is 5. The molecule has 0 fully saturated rings. The third-order valence-electron chi connectivity index (χ3n) is 2.72. The molecule has 2 aromatic rings. The first-order valence-corrected chi connectivity index (χ1v) is 6.40. The van der Waals surface area contributed by atoms with Crippen LogP contribution in [0.15, 0.2) is 0 Å². The zero-order valence-electron chi connectivity index (χ0n) is 11.0. The monoisotopic (exact) mass is 265 g/mol. The maximum absolute atomic E-state index is 6.09. The van der Waals surface area contributed by atoms with Gasteiger partial charge in [0.1, 0.15) is 16.8 Å². The summed E-state index contributed by atoms with van der Waals surface area (Å²) in [6.45, 7) is 7.79. The van der Waals surface area contributed by atoms with E-state index in [-0.39, 0.29) is 0 Å². The Labute approximate surface area is 111 Å². The van der Waals surface area contributed by atoms with Crippen molar-refractivity contribution in [3.05, 3.63) is 28.2 Å². The molecule has 0 aliphatic rings. The lowest BCUT2D eigenvalue weighted by molar-refractivity contribution is 0.753. The van der Waals surface area contributed by atoms with Crippen LogP contribution in [0.4, 0.5) is 0 Å². The molecule has 0 bridgehead atoms. The van der Waals surface area contributed by atoms with Crippen LogP contribution in [0, 0.1) is 13.8 Å². The van der Waals surface area contributed by atoms with Crippen molar-refractivity contribution >= 4 is 11.6 Å². The van der Waals surface area contributed by atoms with Crippen LogP contribution in [0.2, 0.25) is 5.15 Å². The Morgan fingerprint density at radius 1 is 1.06 bits per heavy atom. The summed E-state index contributed by atoms with van der Waals surface area (Å²) in [7, 11) is 0. The van der Waals surface area contributed by atoms with E-state index in [1.54, 1.807) is 4.68 Å². The van der Waals surface area contributed by atoms with Gasteiger partial charge in [-0.25, -0.2) is 15.0 Å². The summed E-state index contributed by atoms with van der Waals surface area (Å²) in [5, 5.41) is 4.94. The minimum absolute atomic E-state index is 0.466. The van der Waals surface area contributed by atoms with Crippen molar-refractivity contribution in [3.63, 3.8) is 0 Å². The molecule has 0 radical (unpaired) electrons. The zero-order valence-corrected chi connectivity index (χ0v) is 11.8. The van der Waals surface area contributed by atoms with Crippen molar-refractivity contribution in [1.82, 2.24) is 24.7 Å². The van der Waals surface area contributed by atoms with Gasteiger partial charge in [-0.3, -0.25) is 0 Å². The van der Waals surface area contributed by atoms with Gasteiger partial charge in [-0.1, -0.05) is 25.4 Å². The average molecular weight is 266 g/mol. The van der Waals surface area contributed by atoms with Gasteiger partial charge in [0.2, 0.25) is 0 Å². The number of rotatable bonds is 3. The van der Waals surface area contributed by atoms with Gasteiger partial charge in [0.05, 0.1) is 0 Å². The summed E-state index contributed by atoms with van der Waals surface area (Å²) in [6, 6.07) is 0. The normalized spacial score (nSPS) is 10.9. The van der Waals surface area contributed by atoms with Crippen LogP contribution in [-0.2, 0) is 12.8 Å². The minimum Gasteiger partial charge on any atom is -0.221 e. The smallest absolute Gasteiger partial charge is 0.163 e. The summed E-state index contributed by atoms with van der Waals surface area (Å²) in [4.78, 5) is 13.0. The number of aromatic nitrogens is 5. The van der Waals surface area contributed by atoms with E-state index in [9.17, 15) is 0 Å². The number of halogens is 1. The summed E-state index contributed by atoms with van der Waals surface area (Å²) in [5.41, 5.74) is 0.824. The third-order valence-corrected chi connectivity index (χ3v) is 3.09. The van der Waals surface area contributed by atoms with Gasteiger partial charge in [0.25, 0.3) is 0 Å². The molecule has 0 N–H and O–H groups in total. The Balaban J connectivity index is 2.64.